The number of aromatic amines is 2. The quantitative estimate of drug-likeness (QED) is 0.277. The van der Waals surface area contributed by atoms with Crippen molar-refractivity contribution >= 4 is 44.1 Å². The van der Waals surface area contributed by atoms with E-state index in [1.807, 2.05) is 0 Å². The first-order valence-electron chi connectivity index (χ1n) is 10.5. The Balaban J connectivity index is 1.45. The van der Waals surface area contributed by atoms with E-state index in [0.717, 1.165) is 12.1 Å². The van der Waals surface area contributed by atoms with Gasteiger partial charge in [0.05, 0.1) is 32.8 Å². The first kappa shape index (κ1) is 22.9. The molecule has 3 aromatic heterocycles. The molecule has 12 heteroatoms. The van der Waals surface area contributed by atoms with Crippen LogP contribution in [-0.4, -0.2) is 40.4 Å². The molecule has 0 atom stereocenters. The van der Waals surface area contributed by atoms with Crippen molar-refractivity contribution < 1.29 is 22.4 Å². The van der Waals surface area contributed by atoms with Gasteiger partial charge in [-0.15, -0.1) is 0 Å². The third-order valence-corrected chi connectivity index (χ3v) is 7.09. The molecule has 0 spiro atoms. The van der Waals surface area contributed by atoms with E-state index >= 15 is 0 Å². The lowest BCUT2D eigenvalue weighted by Crippen LogP contribution is -2.19. The van der Waals surface area contributed by atoms with Gasteiger partial charge < -0.3 is 15.6 Å². The third kappa shape index (κ3) is 4.32. The second-order valence-corrected chi connectivity index (χ2v) is 9.60. The summed E-state index contributed by atoms with van der Waals surface area (Å²) < 4.78 is 39.7. The summed E-state index contributed by atoms with van der Waals surface area (Å²) in [5, 5.41) is 12.4. The van der Waals surface area contributed by atoms with Gasteiger partial charge in [0.1, 0.15) is 11.5 Å². The van der Waals surface area contributed by atoms with Gasteiger partial charge in [0.25, 0.3) is 11.8 Å². The Morgan fingerprint density at radius 1 is 0.917 bits per heavy atom. The fourth-order valence-electron chi connectivity index (χ4n) is 3.55. The summed E-state index contributed by atoms with van der Waals surface area (Å²) in [7, 11) is -4.02. The van der Waals surface area contributed by atoms with Crippen LogP contribution < -0.4 is 10.6 Å². The van der Waals surface area contributed by atoms with Gasteiger partial charge in [-0.25, -0.2) is 12.8 Å². The summed E-state index contributed by atoms with van der Waals surface area (Å²) >= 11 is 0. The number of aromatic nitrogens is 4. The SMILES string of the molecule is O=C(Nc1cnccc1C(=O)Nc1n[nH]c2ccc(S(=O)(=O)c3cccc(F)c3)cc12)c1ccc[nH]1. The van der Waals surface area contributed by atoms with Crippen LogP contribution in [0.3, 0.4) is 0 Å². The predicted octanol–water partition coefficient (Wildman–Crippen LogP) is 3.76. The van der Waals surface area contributed by atoms with Gasteiger partial charge in [0.2, 0.25) is 9.84 Å². The molecule has 0 aliphatic heterocycles. The third-order valence-electron chi connectivity index (χ3n) is 5.34. The second-order valence-electron chi connectivity index (χ2n) is 7.65. The fraction of sp³-hybridized carbons (Fsp3) is 0. The van der Waals surface area contributed by atoms with E-state index in [0.29, 0.717) is 16.6 Å². The van der Waals surface area contributed by atoms with Gasteiger partial charge in [-0.05, 0) is 54.6 Å². The number of rotatable bonds is 6. The van der Waals surface area contributed by atoms with Gasteiger partial charge >= 0.3 is 0 Å². The molecule has 0 aliphatic carbocycles. The zero-order chi connectivity index (χ0) is 25.3. The lowest BCUT2D eigenvalue weighted by atomic mass is 10.2. The summed E-state index contributed by atoms with van der Waals surface area (Å²) in [6.45, 7) is 0. The standard InChI is InChI=1S/C24H17FN6O4S/c25-14-3-1-4-15(11-14)36(34,35)16-6-7-19-18(12-16)22(31-30-19)29-23(32)17-8-10-26-13-21(17)28-24(33)20-5-2-9-27-20/h1-13,27H,(H,28,33)(H2,29,30,31,32). The number of nitrogens with one attached hydrogen (secondary N) is 4. The maximum Gasteiger partial charge on any atom is 0.272 e. The maximum absolute atomic E-state index is 13.6. The van der Waals surface area contributed by atoms with Gasteiger partial charge in [-0.3, -0.25) is 19.7 Å². The van der Waals surface area contributed by atoms with Crippen molar-refractivity contribution in [2.75, 3.05) is 10.6 Å². The number of hydrogen-bond acceptors (Lipinski definition) is 6. The summed E-state index contributed by atoms with van der Waals surface area (Å²) in [5.41, 5.74) is 1.06. The Bertz CT molecular complexity index is 1710. The predicted molar refractivity (Wildman–Crippen MR) is 129 cm³/mol. The molecule has 10 nitrogen and oxygen atoms in total. The van der Waals surface area contributed by atoms with Crippen LogP contribution in [0.25, 0.3) is 10.9 Å². The van der Waals surface area contributed by atoms with E-state index in [4.69, 9.17) is 0 Å². The molecule has 4 N–H and O–H groups in total. The van der Waals surface area contributed by atoms with Gasteiger partial charge in [0.15, 0.2) is 5.82 Å². The molecule has 0 aliphatic rings. The normalized spacial score (nSPS) is 11.4. The number of amides is 2. The van der Waals surface area contributed by atoms with E-state index in [1.54, 1.807) is 18.3 Å². The Kier molecular flexibility index (Phi) is 5.78. The number of benzene rings is 2. The van der Waals surface area contributed by atoms with Crippen molar-refractivity contribution in [2.45, 2.75) is 9.79 Å². The van der Waals surface area contributed by atoms with Gasteiger partial charge in [0, 0.05) is 17.8 Å². The van der Waals surface area contributed by atoms with Crippen molar-refractivity contribution in [1.82, 2.24) is 20.2 Å². The van der Waals surface area contributed by atoms with Crippen molar-refractivity contribution in [3.8, 4) is 0 Å². The van der Waals surface area contributed by atoms with E-state index < -0.39 is 27.5 Å². The zero-order valence-electron chi connectivity index (χ0n) is 18.3. The van der Waals surface area contributed by atoms with Crippen molar-refractivity contribution in [3.05, 3.63) is 96.3 Å². The molecule has 0 radical (unpaired) electrons. The Labute approximate surface area is 203 Å². The monoisotopic (exact) mass is 504 g/mol. The van der Waals surface area contributed by atoms with Crippen LogP contribution in [0.15, 0.2) is 89.0 Å². The number of carbonyl (C=O) groups excluding carboxylic acids is 2. The van der Waals surface area contributed by atoms with Crippen molar-refractivity contribution in [3.63, 3.8) is 0 Å². The first-order valence-corrected chi connectivity index (χ1v) is 12.0. The number of fused-ring (bicyclic) bond motifs is 1. The lowest BCUT2D eigenvalue weighted by Gasteiger charge is -2.10. The van der Waals surface area contributed by atoms with Crippen LogP contribution in [0, 0.1) is 5.82 Å². The minimum absolute atomic E-state index is 0.0738. The summed E-state index contributed by atoms with van der Waals surface area (Å²) in [6, 6.07) is 13.6. The topological polar surface area (TPSA) is 150 Å². The van der Waals surface area contributed by atoms with Crippen molar-refractivity contribution in [1.29, 1.82) is 0 Å². The highest BCUT2D eigenvalue weighted by Crippen LogP contribution is 2.28. The largest absolute Gasteiger partial charge is 0.357 e. The minimum atomic E-state index is -4.02. The molecule has 2 amide bonds. The molecule has 0 bridgehead atoms. The molecule has 180 valence electrons. The number of pyridine rings is 1. The van der Waals surface area contributed by atoms with Gasteiger partial charge in [-0.1, -0.05) is 6.07 Å². The molecular formula is C24H17FN6O4S. The number of sulfone groups is 1. The van der Waals surface area contributed by atoms with Crippen LogP contribution in [0.1, 0.15) is 20.8 Å². The number of anilines is 2. The lowest BCUT2D eigenvalue weighted by molar-refractivity contribution is 0.102. The molecule has 5 aromatic rings. The minimum Gasteiger partial charge on any atom is -0.357 e. The molecule has 36 heavy (non-hydrogen) atoms. The number of hydrogen-bond donors (Lipinski definition) is 4. The summed E-state index contributed by atoms with van der Waals surface area (Å²) in [4.78, 5) is 31.9. The summed E-state index contributed by atoms with van der Waals surface area (Å²) in [6.07, 6.45) is 4.32. The zero-order valence-corrected chi connectivity index (χ0v) is 19.1. The number of halogens is 1. The second kappa shape index (κ2) is 9.07. The molecule has 5 rings (SSSR count). The van der Waals surface area contributed by atoms with Crippen LogP contribution >= 0.6 is 0 Å². The maximum atomic E-state index is 13.6. The molecule has 0 saturated heterocycles. The first-order chi connectivity index (χ1) is 17.3. The highest BCUT2D eigenvalue weighted by molar-refractivity contribution is 7.91. The van der Waals surface area contributed by atoms with E-state index in [1.165, 1.54) is 48.8 Å². The van der Waals surface area contributed by atoms with Crippen LogP contribution in [0.5, 0.6) is 0 Å². The summed E-state index contributed by atoms with van der Waals surface area (Å²) in [5.74, 6) is -1.67. The van der Waals surface area contributed by atoms with Crippen LogP contribution in [-0.2, 0) is 9.84 Å². The van der Waals surface area contributed by atoms with E-state index in [-0.39, 0.29) is 26.9 Å². The van der Waals surface area contributed by atoms with E-state index in [2.05, 4.69) is 30.8 Å². The number of carbonyl (C=O) groups is 2. The smallest absolute Gasteiger partial charge is 0.272 e. The highest BCUT2D eigenvalue weighted by Gasteiger charge is 2.21. The molecule has 0 unspecified atom stereocenters. The molecular weight excluding hydrogens is 487 g/mol. The van der Waals surface area contributed by atoms with Crippen molar-refractivity contribution in [2.24, 2.45) is 0 Å². The Hall–Kier alpha value is -4.84. The Morgan fingerprint density at radius 3 is 2.53 bits per heavy atom. The molecule has 2 aromatic carbocycles. The highest BCUT2D eigenvalue weighted by atomic mass is 32.2. The van der Waals surface area contributed by atoms with Gasteiger partial charge in [-0.2, -0.15) is 5.10 Å². The van der Waals surface area contributed by atoms with E-state index in [9.17, 15) is 22.4 Å². The average Bonchev–Trinajstić information content (AvgIpc) is 3.55. The number of nitrogens with zero attached hydrogens (tertiary/aromatic N) is 2. The Morgan fingerprint density at radius 2 is 1.75 bits per heavy atom. The number of H-pyrrole nitrogens is 2. The van der Waals surface area contributed by atoms with Crippen LogP contribution in [0.2, 0.25) is 0 Å². The molecule has 0 fully saturated rings. The molecule has 0 saturated carbocycles. The average molecular weight is 505 g/mol. The fourth-order valence-corrected chi connectivity index (χ4v) is 4.87. The van der Waals surface area contributed by atoms with Crippen LogP contribution in [0.4, 0.5) is 15.9 Å². The molecule has 3 heterocycles.